The third kappa shape index (κ3) is 3.53. The smallest absolute Gasteiger partial charge is 0.318 e. The van der Waals surface area contributed by atoms with Gasteiger partial charge in [-0.1, -0.05) is 35.9 Å². The Kier molecular flexibility index (Phi) is 5.49. The molecule has 1 aromatic heterocycles. The first-order valence-corrected chi connectivity index (χ1v) is 11.4. The van der Waals surface area contributed by atoms with Gasteiger partial charge in [0.05, 0.1) is 19.2 Å². The van der Waals surface area contributed by atoms with Gasteiger partial charge in [-0.15, -0.1) is 0 Å². The van der Waals surface area contributed by atoms with Gasteiger partial charge in [0, 0.05) is 23.0 Å². The highest BCUT2D eigenvalue weighted by atomic mass is 35.5. The molecule has 0 spiro atoms. The van der Waals surface area contributed by atoms with Crippen molar-refractivity contribution in [1.82, 2.24) is 9.97 Å². The molecule has 5 nitrogen and oxygen atoms in total. The summed E-state index contributed by atoms with van der Waals surface area (Å²) in [5.74, 6) is 0.773. The lowest BCUT2D eigenvalue weighted by molar-refractivity contribution is 0.381. The van der Waals surface area contributed by atoms with E-state index in [1.807, 2.05) is 36.4 Å². The normalized spacial score (nSPS) is 18.3. The molecule has 4 aromatic rings. The van der Waals surface area contributed by atoms with Crippen LogP contribution >= 0.6 is 11.6 Å². The van der Waals surface area contributed by atoms with Crippen LogP contribution in [0.3, 0.4) is 0 Å². The largest absolute Gasteiger partial charge is 0.497 e. The number of aromatic nitrogens is 2. The molecule has 33 heavy (non-hydrogen) atoms. The maximum atomic E-state index is 16.3. The molecular formula is C26H25ClFN3O2. The Labute approximate surface area is 197 Å². The molecule has 5 rings (SSSR count). The molecule has 1 aliphatic heterocycles. The topological polar surface area (TPSA) is 47.5 Å². The zero-order valence-corrected chi connectivity index (χ0v) is 19.8. The van der Waals surface area contributed by atoms with E-state index in [1.165, 1.54) is 7.11 Å². The zero-order valence-electron chi connectivity index (χ0n) is 19.0. The van der Waals surface area contributed by atoms with Gasteiger partial charge < -0.3 is 14.4 Å². The van der Waals surface area contributed by atoms with Crippen LogP contribution in [-0.4, -0.2) is 36.3 Å². The van der Waals surface area contributed by atoms with E-state index in [-0.39, 0.29) is 29.2 Å². The van der Waals surface area contributed by atoms with Crippen LogP contribution in [-0.2, 0) is 0 Å². The van der Waals surface area contributed by atoms with Crippen molar-refractivity contribution in [3.05, 3.63) is 53.3 Å². The van der Waals surface area contributed by atoms with E-state index in [4.69, 9.17) is 21.1 Å². The van der Waals surface area contributed by atoms with Crippen LogP contribution in [0.4, 0.5) is 10.2 Å². The minimum absolute atomic E-state index is 0.131. The lowest BCUT2D eigenvalue weighted by atomic mass is 9.96. The molecule has 2 heterocycles. The summed E-state index contributed by atoms with van der Waals surface area (Å²) in [6, 6.07) is 13.9. The summed E-state index contributed by atoms with van der Waals surface area (Å²) in [5.41, 5.74) is 1.12. The second kappa shape index (κ2) is 8.34. The van der Waals surface area contributed by atoms with Gasteiger partial charge in [0.25, 0.3) is 0 Å². The fourth-order valence-electron chi connectivity index (χ4n) is 4.92. The fourth-order valence-corrected chi connectivity index (χ4v) is 5.21. The van der Waals surface area contributed by atoms with Crippen molar-refractivity contribution in [2.24, 2.45) is 0 Å². The number of rotatable bonds is 4. The summed E-state index contributed by atoms with van der Waals surface area (Å²) in [6.45, 7) is 4.30. The fraction of sp³-hybridized carbons (Fsp3) is 0.308. The lowest BCUT2D eigenvalue weighted by Crippen LogP contribution is -2.33. The number of halogens is 2. The number of benzene rings is 3. The minimum atomic E-state index is -0.502. The highest BCUT2D eigenvalue weighted by molar-refractivity contribution is 6.35. The first-order valence-electron chi connectivity index (χ1n) is 11.0. The Morgan fingerprint density at radius 1 is 0.970 bits per heavy atom. The molecule has 0 aliphatic carbocycles. The van der Waals surface area contributed by atoms with Gasteiger partial charge in [0.1, 0.15) is 17.1 Å². The zero-order chi connectivity index (χ0) is 23.3. The van der Waals surface area contributed by atoms with Crippen molar-refractivity contribution in [3.8, 4) is 22.9 Å². The van der Waals surface area contributed by atoms with E-state index in [0.29, 0.717) is 27.5 Å². The average Bonchev–Trinajstić information content (AvgIpc) is 3.16. The van der Waals surface area contributed by atoms with Crippen molar-refractivity contribution < 1.29 is 13.9 Å². The number of nitrogens with zero attached hydrogens (tertiary/aromatic N) is 3. The van der Waals surface area contributed by atoms with Crippen LogP contribution in [0.2, 0.25) is 5.02 Å². The highest BCUT2D eigenvalue weighted by Gasteiger charge is 2.32. The molecule has 1 fully saturated rings. The van der Waals surface area contributed by atoms with Crippen LogP contribution in [0.5, 0.6) is 11.8 Å². The van der Waals surface area contributed by atoms with E-state index < -0.39 is 5.82 Å². The first kappa shape index (κ1) is 21.7. The Hall–Kier alpha value is -3.12. The van der Waals surface area contributed by atoms with Gasteiger partial charge in [0.2, 0.25) is 0 Å². The summed E-state index contributed by atoms with van der Waals surface area (Å²) in [4.78, 5) is 11.2. The summed E-state index contributed by atoms with van der Waals surface area (Å²) >= 11 is 6.78. The molecule has 1 aliphatic rings. The molecule has 0 amide bonds. The van der Waals surface area contributed by atoms with Gasteiger partial charge in [-0.25, -0.2) is 4.39 Å². The van der Waals surface area contributed by atoms with Gasteiger partial charge in [-0.2, -0.15) is 9.97 Å². The average molecular weight is 466 g/mol. The van der Waals surface area contributed by atoms with Crippen LogP contribution in [0.15, 0.2) is 42.5 Å². The predicted molar refractivity (Wildman–Crippen MR) is 131 cm³/mol. The Balaban J connectivity index is 1.83. The summed E-state index contributed by atoms with van der Waals surface area (Å²) in [7, 11) is 3.08. The van der Waals surface area contributed by atoms with Gasteiger partial charge in [-0.3, -0.25) is 0 Å². The van der Waals surface area contributed by atoms with Crippen molar-refractivity contribution in [1.29, 1.82) is 0 Å². The summed E-state index contributed by atoms with van der Waals surface area (Å²) in [5, 5.41) is 2.69. The molecule has 0 radical (unpaired) electrons. The van der Waals surface area contributed by atoms with Crippen molar-refractivity contribution >= 4 is 39.1 Å². The number of hydrogen-bond donors (Lipinski definition) is 0. The minimum Gasteiger partial charge on any atom is -0.497 e. The van der Waals surface area contributed by atoms with Crippen LogP contribution in [0.1, 0.15) is 26.7 Å². The molecule has 7 heteroatoms. The quantitative estimate of drug-likeness (QED) is 0.338. The Morgan fingerprint density at radius 3 is 2.39 bits per heavy atom. The first-order chi connectivity index (χ1) is 15.9. The van der Waals surface area contributed by atoms with E-state index in [1.54, 1.807) is 13.2 Å². The third-order valence-electron chi connectivity index (χ3n) is 6.56. The molecule has 2 unspecified atom stereocenters. The maximum absolute atomic E-state index is 16.3. The van der Waals surface area contributed by atoms with E-state index in [9.17, 15) is 0 Å². The second-order valence-electron chi connectivity index (χ2n) is 8.56. The van der Waals surface area contributed by atoms with Crippen molar-refractivity contribution in [3.63, 3.8) is 0 Å². The number of ether oxygens (including phenoxy) is 2. The molecule has 0 bridgehead atoms. The predicted octanol–water partition coefficient (Wildman–Crippen LogP) is 6.64. The van der Waals surface area contributed by atoms with Crippen molar-refractivity contribution in [2.75, 3.05) is 19.1 Å². The molecule has 1 saturated heterocycles. The number of anilines is 1. The standard InChI is InChI=1S/C26H25ClFN3O2/c1-14-9-10-15(2)31(14)25-20-13-21(27)22(23(28)24(20)29-26(30-25)33-4)19-12-17(32-3)11-16-7-5-6-8-18(16)19/h5-8,11-15H,9-10H2,1-4H3. The van der Waals surface area contributed by atoms with E-state index >= 15 is 4.39 Å². The lowest BCUT2D eigenvalue weighted by Gasteiger charge is -2.29. The SMILES string of the molecule is COc1cc(-c2c(Cl)cc3c(N4C(C)CCC4C)nc(OC)nc3c2F)c2ccccc2c1. The number of hydrogen-bond acceptors (Lipinski definition) is 5. The monoisotopic (exact) mass is 465 g/mol. The molecule has 3 aromatic carbocycles. The van der Waals surface area contributed by atoms with Gasteiger partial charge in [0.15, 0.2) is 5.82 Å². The maximum Gasteiger partial charge on any atom is 0.318 e. The Bertz CT molecular complexity index is 1370. The molecule has 170 valence electrons. The van der Waals surface area contributed by atoms with Crippen LogP contribution < -0.4 is 14.4 Å². The molecule has 0 N–H and O–H groups in total. The second-order valence-corrected chi connectivity index (χ2v) is 8.96. The van der Waals surface area contributed by atoms with E-state index in [0.717, 1.165) is 23.6 Å². The summed E-state index contributed by atoms with van der Waals surface area (Å²) in [6.07, 6.45) is 2.08. The molecule has 2 atom stereocenters. The van der Waals surface area contributed by atoms with Crippen molar-refractivity contribution in [2.45, 2.75) is 38.8 Å². The summed E-state index contributed by atoms with van der Waals surface area (Å²) < 4.78 is 27.1. The van der Waals surface area contributed by atoms with Gasteiger partial charge in [-0.05, 0) is 61.2 Å². The molecule has 0 saturated carbocycles. The highest BCUT2D eigenvalue weighted by Crippen LogP contribution is 2.43. The number of methoxy groups -OCH3 is 2. The van der Waals surface area contributed by atoms with Crippen LogP contribution in [0.25, 0.3) is 32.8 Å². The molecular weight excluding hydrogens is 441 g/mol. The third-order valence-corrected chi connectivity index (χ3v) is 6.86. The Morgan fingerprint density at radius 2 is 1.70 bits per heavy atom. The van der Waals surface area contributed by atoms with E-state index in [2.05, 4.69) is 28.7 Å². The number of fused-ring (bicyclic) bond motifs is 2. The van der Waals surface area contributed by atoms with Crippen LogP contribution in [0, 0.1) is 5.82 Å². The van der Waals surface area contributed by atoms with Gasteiger partial charge >= 0.3 is 6.01 Å².